The van der Waals surface area contributed by atoms with Gasteiger partial charge in [-0.15, -0.1) is 0 Å². The number of likely N-dealkylation sites (N-methyl/N-ethyl adjacent to an activating group) is 1. The van der Waals surface area contributed by atoms with Crippen molar-refractivity contribution in [1.29, 1.82) is 0 Å². The summed E-state index contributed by atoms with van der Waals surface area (Å²) in [5, 5.41) is 9.76. The molecular weight excluding hydrogens is 564 g/mol. The number of unbranched alkanes of at least 4 members (excludes halogenated alkanes) is 1. The zero-order valence-electron chi connectivity index (χ0n) is 20.5. The van der Waals surface area contributed by atoms with Gasteiger partial charge in [0.15, 0.2) is 32.4 Å². The van der Waals surface area contributed by atoms with Gasteiger partial charge >= 0.3 is 11.0 Å². The molecule has 0 aliphatic rings. The SMILES string of the molecule is CCCC[n+]1cccc(CN(C)[C@H](CO)Cc2ccccc2)c1.O=S(=O)([N-]S(=O)(=O)C(F)(F)F)C(F)(F)F. The van der Waals surface area contributed by atoms with Gasteiger partial charge in [0.1, 0.15) is 6.54 Å². The van der Waals surface area contributed by atoms with Crippen molar-refractivity contribution >= 4 is 20.0 Å². The maximum atomic E-state index is 11.4. The van der Waals surface area contributed by atoms with E-state index in [9.17, 15) is 48.3 Å². The summed E-state index contributed by atoms with van der Waals surface area (Å²) in [7, 11) is -11.4. The van der Waals surface area contributed by atoms with Gasteiger partial charge in [-0.05, 0) is 25.1 Å². The lowest BCUT2D eigenvalue weighted by Gasteiger charge is -2.26. The van der Waals surface area contributed by atoms with Gasteiger partial charge in [0.2, 0.25) is 0 Å². The molecule has 216 valence electrons. The molecule has 0 spiro atoms. The number of benzene rings is 1. The van der Waals surface area contributed by atoms with Crippen LogP contribution in [0.15, 0.2) is 54.9 Å². The van der Waals surface area contributed by atoms with Crippen LogP contribution in [0.25, 0.3) is 4.13 Å². The third-order valence-electron chi connectivity index (χ3n) is 5.05. The fraction of sp³-hybridized carbons (Fsp3) is 0.500. The minimum absolute atomic E-state index is 0.140. The first-order chi connectivity index (χ1) is 17.4. The molecule has 0 radical (unpaired) electrons. The Labute approximate surface area is 218 Å². The van der Waals surface area contributed by atoms with Crippen LogP contribution in [0.1, 0.15) is 30.9 Å². The highest BCUT2D eigenvalue weighted by atomic mass is 32.3. The first kappa shape index (κ1) is 33.8. The summed E-state index contributed by atoms with van der Waals surface area (Å²) >= 11 is 0. The van der Waals surface area contributed by atoms with Crippen LogP contribution in [0.5, 0.6) is 0 Å². The van der Waals surface area contributed by atoms with Gasteiger partial charge in [-0.1, -0.05) is 43.7 Å². The molecule has 0 saturated heterocycles. The van der Waals surface area contributed by atoms with E-state index in [2.05, 4.69) is 72.2 Å². The molecule has 0 unspecified atom stereocenters. The molecule has 38 heavy (non-hydrogen) atoms. The lowest BCUT2D eigenvalue weighted by molar-refractivity contribution is -0.697. The Morgan fingerprint density at radius 3 is 1.92 bits per heavy atom. The number of rotatable bonds is 11. The Kier molecular flexibility index (Phi) is 12.6. The zero-order chi connectivity index (χ0) is 29.2. The van der Waals surface area contributed by atoms with Gasteiger partial charge in [-0.25, -0.2) is 21.4 Å². The minimum atomic E-state index is -6.72. The average Bonchev–Trinajstić information content (AvgIpc) is 2.80. The number of sulfonamides is 2. The van der Waals surface area contributed by atoms with E-state index in [0.717, 1.165) is 23.6 Å². The van der Waals surface area contributed by atoms with Crippen LogP contribution >= 0.6 is 0 Å². The van der Waals surface area contributed by atoms with E-state index >= 15 is 0 Å². The van der Waals surface area contributed by atoms with E-state index < -0.39 is 31.1 Å². The maximum Gasteiger partial charge on any atom is 0.480 e. The first-order valence-corrected chi connectivity index (χ1v) is 14.0. The van der Waals surface area contributed by atoms with Gasteiger partial charge in [0.25, 0.3) is 0 Å². The van der Waals surface area contributed by atoms with E-state index in [0.29, 0.717) is 0 Å². The molecule has 1 atom stereocenters. The molecule has 1 aromatic heterocycles. The van der Waals surface area contributed by atoms with Crippen LogP contribution in [0.3, 0.4) is 0 Å². The fourth-order valence-electron chi connectivity index (χ4n) is 3.03. The van der Waals surface area contributed by atoms with Gasteiger partial charge < -0.3 is 9.23 Å². The molecule has 0 aliphatic carbocycles. The number of pyridine rings is 1. The second-order valence-electron chi connectivity index (χ2n) is 8.16. The third-order valence-corrected chi connectivity index (χ3v) is 7.79. The summed E-state index contributed by atoms with van der Waals surface area (Å²) in [4.78, 5) is 2.24. The van der Waals surface area contributed by atoms with Crippen LogP contribution in [-0.2, 0) is 39.6 Å². The smallest absolute Gasteiger partial charge is 0.421 e. The standard InChI is InChI=1S/C20H29N2O.C2F6NO4S2/c1-3-4-12-22-13-8-11-19(16-22)15-21(2)20(17-23)14-18-9-6-5-7-10-18;3-1(4,5)14(10,11)9-15(12,13)2(6,7)8/h5-11,13,16,20,23H,3-4,12,14-15,17H2,1-2H3;/q+1;-1/t20-;/m0./s1. The van der Waals surface area contributed by atoms with Gasteiger partial charge in [0.05, 0.1) is 6.61 Å². The summed E-state index contributed by atoms with van der Waals surface area (Å²) in [6, 6.07) is 14.8. The lowest BCUT2D eigenvalue weighted by atomic mass is 10.1. The largest absolute Gasteiger partial charge is 0.480 e. The summed E-state index contributed by atoms with van der Waals surface area (Å²) in [6.07, 6.45) is 7.64. The molecule has 2 aromatic rings. The van der Waals surface area contributed by atoms with Crippen molar-refractivity contribution in [3.05, 3.63) is 70.1 Å². The maximum absolute atomic E-state index is 11.4. The predicted molar refractivity (Wildman–Crippen MR) is 127 cm³/mol. The van der Waals surface area contributed by atoms with E-state index in [4.69, 9.17) is 0 Å². The van der Waals surface area contributed by atoms with Gasteiger partial charge in [-0.3, -0.25) is 4.90 Å². The number of aliphatic hydroxyl groups is 1. The predicted octanol–water partition coefficient (Wildman–Crippen LogP) is 3.87. The Morgan fingerprint density at radius 1 is 0.921 bits per heavy atom. The molecule has 0 bridgehead atoms. The van der Waals surface area contributed by atoms with E-state index in [1.807, 2.05) is 6.07 Å². The van der Waals surface area contributed by atoms with Crippen LogP contribution < -0.4 is 4.57 Å². The molecule has 0 amide bonds. The summed E-state index contributed by atoms with van der Waals surface area (Å²) < 4.78 is 111. The molecule has 0 aliphatic heterocycles. The molecule has 2 rings (SSSR count). The molecule has 1 aromatic carbocycles. The quantitative estimate of drug-likeness (QED) is 0.313. The van der Waals surface area contributed by atoms with Crippen molar-refractivity contribution in [1.82, 2.24) is 4.90 Å². The van der Waals surface area contributed by atoms with Crippen molar-refractivity contribution < 1.29 is 52.9 Å². The summed E-state index contributed by atoms with van der Waals surface area (Å²) in [6.45, 7) is 4.31. The van der Waals surface area contributed by atoms with Crippen molar-refractivity contribution in [3.8, 4) is 0 Å². The normalized spacial score (nSPS) is 13.6. The second-order valence-corrected chi connectivity index (χ2v) is 11.6. The highest BCUT2D eigenvalue weighted by Gasteiger charge is 2.46. The number of alkyl halides is 6. The Balaban J connectivity index is 0.000000420. The monoisotopic (exact) mass is 593 g/mol. The average molecular weight is 594 g/mol. The van der Waals surface area contributed by atoms with E-state index in [1.165, 1.54) is 24.0 Å². The number of hydrogen-bond acceptors (Lipinski definition) is 6. The Hall–Kier alpha value is -2.27. The molecule has 1 N–H and O–H groups in total. The Bertz CT molecular complexity index is 1170. The molecule has 0 saturated carbocycles. The lowest BCUT2D eigenvalue weighted by Crippen LogP contribution is -2.38. The fourth-order valence-corrected chi connectivity index (χ4v) is 4.74. The van der Waals surface area contributed by atoms with Crippen molar-refractivity contribution in [2.45, 2.75) is 56.3 Å². The third kappa shape index (κ3) is 10.8. The van der Waals surface area contributed by atoms with Gasteiger partial charge in [0, 0.05) is 30.6 Å². The topological polar surface area (TPSA) is 110 Å². The van der Waals surface area contributed by atoms with Crippen LogP contribution in [-0.4, -0.2) is 57.6 Å². The molecule has 8 nitrogen and oxygen atoms in total. The van der Waals surface area contributed by atoms with Crippen molar-refractivity contribution in [3.63, 3.8) is 0 Å². The number of aryl methyl sites for hydroxylation is 1. The number of nitrogens with zero attached hydrogens (tertiary/aromatic N) is 3. The molecule has 0 fully saturated rings. The molecule has 16 heteroatoms. The minimum Gasteiger partial charge on any atom is -0.421 e. The number of halogens is 6. The van der Waals surface area contributed by atoms with Crippen molar-refractivity contribution in [2.75, 3.05) is 13.7 Å². The zero-order valence-corrected chi connectivity index (χ0v) is 22.2. The first-order valence-electron chi connectivity index (χ1n) is 11.1. The molecular formula is C22H29F6N3O5S2. The highest BCUT2D eigenvalue weighted by Crippen LogP contribution is 2.36. The number of aromatic nitrogens is 1. The van der Waals surface area contributed by atoms with E-state index in [1.54, 1.807) is 0 Å². The summed E-state index contributed by atoms with van der Waals surface area (Å²) in [5.41, 5.74) is -9.85. The van der Waals surface area contributed by atoms with Crippen LogP contribution in [0, 0.1) is 0 Å². The number of hydrogen-bond donors (Lipinski definition) is 1. The van der Waals surface area contributed by atoms with Crippen LogP contribution in [0.2, 0.25) is 0 Å². The van der Waals surface area contributed by atoms with E-state index in [-0.39, 0.29) is 12.6 Å². The molecule has 1 heterocycles. The number of aliphatic hydroxyl groups excluding tert-OH is 1. The van der Waals surface area contributed by atoms with Crippen LogP contribution in [0.4, 0.5) is 26.3 Å². The van der Waals surface area contributed by atoms with Crippen molar-refractivity contribution in [2.24, 2.45) is 0 Å². The highest BCUT2D eigenvalue weighted by molar-refractivity contribution is 8.13. The van der Waals surface area contributed by atoms with Gasteiger partial charge in [-0.2, -0.15) is 26.3 Å². The Morgan fingerprint density at radius 2 is 1.45 bits per heavy atom. The second kappa shape index (κ2) is 14.2. The summed E-state index contributed by atoms with van der Waals surface area (Å²) in [5.74, 6) is 0.